The summed E-state index contributed by atoms with van der Waals surface area (Å²) in [4.78, 5) is 0. The summed E-state index contributed by atoms with van der Waals surface area (Å²) in [6, 6.07) is 0. The van der Waals surface area contributed by atoms with Gasteiger partial charge in [0.15, 0.2) is 0 Å². The van der Waals surface area contributed by atoms with E-state index in [-0.39, 0.29) is 38.8 Å². The molecule has 0 heterocycles. The first kappa shape index (κ1) is 157. The predicted molar refractivity (Wildman–Crippen MR) is 4.99 cm³/mol. The molecule has 0 aromatic rings. The van der Waals surface area contributed by atoms with Crippen LogP contribution in [-0.4, -0.2) is 5.48 Å². The van der Waals surface area contributed by atoms with Gasteiger partial charge >= 0.3 is 0 Å². The van der Waals surface area contributed by atoms with Gasteiger partial charge in [-0.2, -0.15) is 0 Å². The van der Waals surface area contributed by atoms with Crippen molar-refractivity contribution in [3.63, 3.8) is 0 Å². The van der Waals surface area contributed by atoms with E-state index in [4.69, 9.17) is 0 Å². The molecule has 0 amide bonds. The quantitative estimate of drug-likeness (QED) is 0.386. The van der Waals surface area contributed by atoms with E-state index >= 15 is 0 Å². The fourth-order valence-corrected chi connectivity index (χ4v) is 0. The molecule has 0 saturated heterocycles. The van der Waals surface area contributed by atoms with E-state index < -0.39 is 0 Å². The maximum absolute atomic E-state index is 0. The molecule has 0 fully saturated rings. The van der Waals surface area contributed by atoms with Crippen LogP contribution in [0.15, 0.2) is 0 Å². The molecule has 3 nitrogen and oxygen atoms in total. The van der Waals surface area contributed by atoms with Crippen molar-refractivity contribution < 1.29 is 38.8 Å². The molecule has 4 heteroatoms. The molecule has 0 aliphatic rings. The molecular weight excluding hydrogens is 141 g/mol. The molecule has 0 bridgehead atoms. The van der Waals surface area contributed by atoms with E-state index in [0.29, 0.717) is 0 Å². The topological polar surface area (TPSA) is 88.5 Å². The molecular formula is H2NbO3-4. The molecule has 29 valence electrons. The van der Waals surface area contributed by atoms with E-state index in [1.165, 1.54) is 0 Å². The third-order valence-electron chi connectivity index (χ3n) is 0. The maximum atomic E-state index is 0. The standard InChI is InChI=1S/Nb.H2O.2O/h;1H2;;/q;;2*-2. The Kier molecular flexibility index (Phi) is 2540. The van der Waals surface area contributed by atoms with Crippen molar-refractivity contribution in [2.24, 2.45) is 0 Å². The second-order valence-corrected chi connectivity index (χ2v) is 0. The molecule has 0 aliphatic carbocycles. The molecule has 0 aromatic carbocycles. The predicted octanol–water partition coefficient (Wildman–Crippen LogP) is -1.06. The zero-order valence-electron chi connectivity index (χ0n) is 1.76. The number of rotatable bonds is 0. The second-order valence-electron chi connectivity index (χ2n) is 0. The molecule has 0 atom stereocenters. The zero-order valence-corrected chi connectivity index (χ0v) is 3.96. The minimum Gasteiger partial charge on any atom is -2.00 e. The molecule has 4 heavy (non-hydrogen) atoms. The van der Waals surface area contributed by atoms with Gasteiger partial charge in [0, 0.05) is 22.4 Å². The van der Waals surface area contributed by atoms with Gasteiger partial charge in [-0.05, 0) is 0 Å². The Morgan fingerprint density at radius 3 is 0.750 bits per heavy atom. The molecule has 0 rings (SSSR count). The molecule has 0 saturated carbocycles. The summed E-state index contributed by atoms with van der Waals surface area (Å²) in [7, 11) is 0. The van der Waals surface area contributed by atoms with Crippen LogP contribution in [0.25, 0.3) is 0 Å². The zero-order chi connectivity index (χ0) is 0. The summed E-state index contributed by atoms with van der Waals surface area (Å²) in [6.45, 7) is 0. The van der Waals surface area contributed by atoms with Crippen LogP contribution < -0.4 is 0 Å². The summed E-state index contributed by atoms with van der Waals surface area (Å²) in [5.41, 5.74) is 0. The molecule has 0 unspecified atom stereocenters. The Morgan fingerprint density at radius 2 is 0.750 bits per heavy atom. The van der Waals surface area contributed by atoms with Gasteiger partial charge in [0.2, 0.25) is 0 Å². The van der Waals surface area contributed by atoms with Gasteiger partial charge in [-0.15, -0.1) is 0 Å². The number of hydrogen-bond acceptors (Lipinski definition) is 0. The van der Waals surface area contributed by atoms with Crippen molar-refractivity contribution in [3.8, 4) is 0 Å². The van der Waals surface area contributed by atoms with Crippen molar-refractivity contribution in [1.82, 2.24) is 0 Å². The monoisotopic (exact) mass is 143 g/mol. The molecule has 0 spiro atoms. The fourth-order valence-electron chi connectivity index (χ4n) is 0. The van der Waals surface area contributed by atoms with Gasteiger partial charge in [-0.1, -0.05) is 0 Å². The fraction of sp³-hybridized carbons (Fsp3) is 0. The van der Waals surface area contributed by atoms with E-state index in [1.54, 1.807) is 0 Å². The first-order valence-electron chi connectivity index (χ1n) is 0. The normalized spacial score (nSPS) is 0. The second kappa shape index (κ2) is 64.6. The average molecular weight is 143 g/mol. The largest absolute Gasteiger partial charge is 2.00 e. The van der Waals surface area contributed by atoms with Crippen molar-refractivity contribution in [2.45, 2.75) is 0 Å². The van der Waals surface area contributed by atoms with E-state index in [2.05, 4.69) is 0 Å². The first-order valence-corrected chi connectivity index (χ1v) is 0. The van der Waals surface area contributed by atoms with E-state index in [0.717, 1.165) is 0 Å². The number of hydrogen-bond donors (Lipinski definition) is 0. The van der Waals surface area contributed by atoms with E-state index in [9.17, 15) is 0 Å². The summed E-state index contributed by atoms with van der Waals surface area (Å²) >= 11 is 0. The van der Waals surface area contributed by atoms with Gasteiger partial charge in [-0.3, -0.25) is 0 Å². The Morgan fingerprint density at radius 1 is 0.750 bits per heavy atom. The molecule has 2 N–H and O–H groups in total. The SMILES string of the molecule is O.[Nb].[O-2].[O-2]. The first-order chi connectivity index (χ1) is 0. The minimum atomic E-state index is 0. The van der Waals surface area contributed by atoms with Crippen LogP contribution in [0.3, 0.4) is 0 Å². The van der Waals surface area contributed by atoms with Crippen molar-refractivity contribution in [2.75, 3.05) is 0 Å². The Hall–Kier alpha value is 0.620. The summed E-state index contributed by atoms with van der Waals surface area (Å²) < 4.78 is 0. The van der Waals surface area contributed by atoms with Crippen molar-refractivity contribution >= 4 is 0 Å². The van der Waals surface area contributed by atoms with Gasteiger partial charge in [0.1, 0.15) is 0 Å². The van der Waals surface area contributed by atoms with E-state index in [1.807, 2.05) is 0 Å². The molecule has 0 aliphatic heterocycles. The van der Waals surface area contributed by atoms with Crippen molar-refractivity contribution in [3.05, 3.63) is 0 Å². The Labute approximate surface area is 39.4 Å². The summed E-state index contributed by atoms with van der Waals surface area (Å²) in [5.74, 6) is 0. The third-order valence-corrected chi connectivity index (χ3v) is 0. The van der Waals surface area contributed by atoms with Gasteiger partial charge in [0.25, 0.3) is 0 Å². The summed E-state index contributed by atoms with van der Waals surface area (Å²) in [6.07, 6.45) is 0. The van der Waals surface area contributed by atoms with Crippen LogP contribution >= 0.6 is 0 Å². The maximum Gasteiger partial charge on any atom is 0 e. The summed E-state index contributed by atoms with van der Waals surface area (Å²) in [5, 5.41) is 0. The van der Waals surface area contributed by atoms with Gasteiger partial charge in [0.05, 0.1) is 0 Å². The van der Waals surface area contributed by atoms with Gasteiger partial charge in [-0.25, -0.2) is 0 Å². The molecule has 1 radical (unpaired) electrons. The molecule has 0 aromatic heterocycles. The third kappa shape index (κ3) is 17.9. The van der Waals surface area contributed by atoms with Crippen molar-refractivity contribution in [1.29, 1.82) is 0 Å². The van der Waals surface area contributed by atoms with Crippen LogP contribution in [0.1, 0.15) is 0 Å². The van der Waals surface area contributed by atoms with Crippen LogP contribution in [0, 0.1) is 0 Å². The van der Waals surface area contributed by atoms with Crippen LogP contribution in [0.5, 0.6) is 0 Å². The average Bonchev–Trinajstić information content (AvgIpc) is 0. The smallest absolute Gasteiger partial charge is 0 e. The minimum absolute atomic E-state index is 0. The van der Waals surface area contributed by atoms with Crippen LogP contribution in [0.2, 0.25) is 0 Å². The Balaban J connectivity index is 0. The Bertz CT molecular complexity index is 3.25. The van der Waals surface area contributed by atoms with Crippen LogP contribution in [-0.2, 0) is 33.3 Å². The van der Waals surface area contributed by atoms with Gasteiger partial charge < -0.3 is 16.4 Å². The van der Waals surface area contributed by atoms with Crippen LogP contribution in [0.4, 0.5) is 0 Å².